The van der Waals surface area contributed by atoms with Gasteiger partial charge in [-0.3, -0.25) is 4.79 Å². The normalized spacial score (nSPS) is 12.0. The third kappa shape index (κ3) is 3.46. The Morgan fingerprint density at radius 3 is 2.67 bits per heavy atom. The van der Waals surface area contributed by atoms with E-state index in [0.717, 1.165) is 5.56 Å². The van der Waals surface area contributed by atoms with Gasteiger partial charge in [-0.25, -0.2) is 4.98 Å². The van der Waals surface area contributed by atoms with E-state index in [4.69, 9.17) is 28.9 Å². The molecule has 0 fully saturated rings. The second kappa shape index (κ2) is 6.33. The first-order valence-electron chi connectivity index (χ1n) is 6.34. The second-order valence-electron chi connectivity index (χ2n) is 4.74. The van der Waals surface area contributed by atoms with Gasteiger partial charge in [0.2, 0.25) is 0 Å². The van der Waals surface area contributed by atoms with E-state index in [-0.39, 0.29) is 22.8 Å². The average molecular weight is 324 g/mol. The van der Waals surface area contributed by atoms with Crippen LogP contribution in [0.25, 0.3) is 0 Å². The Kier molecular flexibility index (Phi) is 4.70. The number of anilines is 1. The number of pyridine rings is 1. The largest absolute Gasteiger partial charge is 0.382 e. The molecule has 1 heterocycles. The molecule has 1 unspecified atom stereocenters. The molecule has 0 aliphatic heterocycles. The molecular weight excluding hydrogens is 309 g/mol. The fraction of sp³-hybridized carbons (Fsp3) is 0.200. The Morgan fingerprint density at radius 1 is 1.33 bits per heavy atom. The number of rotatable bonds is 3. The van der Waals surface area contributed by atoms with Gasteiger partial charge in [0, 0.05) is 18.3 Å². The van der Waals surface area contributed by atoms with Crippen LogP contribution in [0.15, 0.2) is 36.5 Å². The number of nitrogens with zero attached hydrogens (tertiary/aromatic N) is 2. The van der Waals surface area contributed by atoms with Crippen LogP contribution in [0.5, 0.6) is 0 Å². The summed E-state index contributed by atoms with van der Waals surface area (Å²) in [6.45, 7) is 1.93. The molecule has 1 amide bonds. The van der Waals surface area contributed by atoms with Crippen LogP contribution < -0.4 is 5.73 Å². The van der Waals surface area contributed by atoms with Crippen molar-refractivity contribution < 1.29 is 4.79 Å². The number of hydrogen-bond acceptors (Lipinski definition) is 3. The summed E-state index contributed by atoms with van der Waals surface area (Å²) in [5.41, 5.74) is 6.90. The highest BCUT2D eigenvalue weighted by atomic mass is 35.5. The van der Waals surface area contributed by atoms with Crippen molar-refractivity contribution in [2.24, 2.45) is 0 Å². The highest BCUT2D eigenvalue weighted by Gasteiger charge is 2.20. The summed E-state index contributed by atoms with van der Waals surface area (Å²) in [5, 5.41) is 0.905. The highest BCUT2D eigenvalue weighted by molar-refractivity contribution is 6.33. The zero-order chi connectivity index (χ0) is 15.6. The number of carbonyl (C=O) groups excluding carboxylic acids is 1. The standard InChI is InChI=1S/C15H15Cl2N3O/c1-9(10-4-3-5-12(16)6-10)20(2)15(21)11-7-13(17)14(18)19-8-11/h3-9H,1-2H3,(H2,18,19). The third-order valence-electron chi connectivity index (χ3n) is 3.35. The quantitative estimate of drug-likeness (QED) is 0.934. The van der Waals surface area contributed by atoms with Crippen molar-refractivity contribution in [1.82, 2.24) is 9.88 Å². The minimum Gasteiger partial charge on any atom is -0.382 e. The Labute approximate surface area is 133 Å². The first kappa shape index (κ1) is 15.6. The highest BCUT2D eigenvalue weighted by Crippen LogP contribution is 2.24. The topological polar surface area (TPSA) is 59.2 Å². The fourth-order valence-corrected chi connectivity index (χ4v) is 2.30. The number of nitrogen functional groups attached to an aromatic ring is 1. The number of hydrogen-bond donors (Lipinski definition) is 1. The first-order chi connectivity index (χ1) is 9.90. The Balaban J connectivity index is 2.24. The van der Waals surface area contributed by atoms with Crippen LogP contribution in [0.3, 0.4) is 0 Å². The molecule has 110 valence electrons. The molecule has 2 rings (SSSR count). The van der Waals surface area contributed by atoms with Gasteiger partial charge in [-0.15, -0.1) is 0 Å². The molecule has 6 heteroatoms. The van der Waals surface area contributed by atoms with Crippen molar-refractivity contribution >= 4 is 34.9 Å². The van der Waals surface area contributed by atoms with E-state index in [1.165, 1.54) is 12.3 Å². The lowest BCUT2D eigenvalue weighted by atomic mass is 10.1. The summed E-state index contributed by atoms with van der Waals surface area (Å²) in [5.74, 6) is 0.0237. The number of aromatic nitrogens is 1. The van der Waals surface area contributed by atoms with Crippen LogP contribution >= 0.6 is 23.2 Å². The van der Waals surface area contributed by atoms with E-state index in [1.54, 1.807) is 18.0 Å². The van der Waals surface area contributed by atoms with Crippen LogP contribution in [0.2, 0.25) is 10.0 Å². The number of carbonyl (C=O) groups is 1. The van der Waals surface area contributed by atoms with E-state index >= 15 is 0 Å². The number of benzene rings is 1. The SMILES string of the molecule is CC(c1cccc(Cl)c1)N(C)C(=O)c1cnc(N)c(Cl)c1. The molecule has 2 N–H and O–H groups in total. The molecule has 21 heavy (non-hydrogen) atoms. The maximum Gasteiger partial charge on any atom is 0.255 e. The van der Waals surface area contributed by atoms with Gasteiger partial charge >= 0.3 is 0 Å². The van der Waals surface area contributed by atoms with Gasteiger partial charge in [0.25, 0.3) is 5.91 Å². The van der Waals surface area contributed by atoms with E-state index in [0.29, 0.717) is 10.6 Å². The molecular formula is C15H15Cl2N3O. The number of amides is 1. The van der Waals surface area contributed by atoms with Crippen molar-refractivity contribution in [3.63, 3.8) is 0 Å². The molecule has 4 nitrogen and oxygen atoms in total. The van der Waals surface area contributed by atoms with Crippen molar-refractivity contribution in [3.05, 3.63) is 57.7 Å². The molecule has 0 saturated heterocycles. The van der Waals surface area contributed by atoms with Crippen molar-refractivity contribution in [2.75, 3.05) is 12.8 Å². The van der Waals surface area contributed by atoms with Crippen LogP contribution in [0.1, 0.15) is 28.9 Å². The lowest BCUT2D eigenvalue weighted by Crippen LogP contribution is -2.29. The van der Waals surface area contributed by atoms with Crippen LogP contribution in [-0.2, 0) is 0 Å². The Morgan fingerprint density at radius 2 is 2.05 bits per heavy atom. The molecule has 1 atom stereocenters. The summed E-state index contributed by atoms with van der Waals surface area (Å²) in [6, 6.07) is 8.80. The summed E-state index contributed by atoms with van der Waals surface area (Å²) in [7, 11) is 1.72. The van der Waals surface area contributed by atoms with Crippen molar-refractivity contribution in [1.29, 1.82) is 0 Å². The molecule has 0 aliphatic carbocycles. The maximum atomic E-state index is 12.5. The van der Waals surface area contributed by atoms with Crippen LogP contribution in [0.4, 0.5) is 5.82 Å². The fourth-order valence-electron chi connectivity index (χ4n) is 1.94. The lowest BCUT2D eigenvalue weighted by Gasteiger charge is -2.25. The third-order valence-corrected chi connectivity index (χ3v) is 3.89. The van der Waals surface area contributed by atoms with E-state index in [9.17, 15) is 4.79 Å². The van der Waals surface area contributed by atoms with Gasteiger partial charge in [0.15, 0.2) is 0 Å². The minimum atomic E-state index is -0.183. The van der Waals surface area contributed by atoms with Gasteiger partial charge in [-0.05, 0) is 30.7 Å². The average Bonchev–Trinajstić information content (AvgIpc) is 2.47. The molecule has 2 aromatic rings. The Bertz CT molecular complexity index is 676. The molecule has 1 aromatic heterocycles. The maximum absolute atomic E-state index is 12.5. The summed E-state index contributed by atoms with van der Waals surface area (Å²) >= 11 is 11.9. The van der Waals surface area contributed by atoms with Gasteiger partial charge < -0.3 is 10.6 Å². The zero-order valence-corrected chi connectivity index (χ0v) is 13.2. The van der Waals surface area contributed by atoms with Crippen molar-refractivity contribution in [3.8, 4) is 0 Å². The van der Waals surface area contributed by atoms with Crippen molar-refractivity contribution in [2.45, 2.75) is 13.0 Å². The Hall–Kier alpha value is -1.78. The van der Waals surface area contributed by atoms with Gasteiger partial charge in [0.1, 0.15) is 5.82 Å². The van der Waals surface area contributed by atoms with E-state index in [1.807, 2.05) is 25.1 Å². The molecule has 0 aliphatic rings. The summed E-state index contributed by atoms with van der Waals surface area (Å²) < 4.78 is 0. The van der Waals surface area contributed by atoms with Gasteiger partial charge in [0.05, 0.1) is 16.6 Å². The van der Waals surface area contributed by atoms with Gasteiger partial charge in [-0.2, -0.15) is 0 Å². The molecule has 1 aromatic carbocycles. The monoisotopic (exact) mass is 323 g/mol. The van der Waals surface area contributed by atoms with Crippen LogP contribution in [-0.4, -0.2) is 22.8 Å². The summed E-state index contributed by atoms with van der Waals surface area (Å²) in [6.07, 6.45) is 1.42. The smallest absolute Gasteiger partial charge is 0.255 e. The molecule has 0 saturated carbocycles. The first-order valence-corrected chi connectivity index (χ1v) is 7.09. The van der Waals surface area contributed by atoms with Gasteiger partial charge in [-0.1, -0.05) is 35.3 Å². The predicted molar refractivity (Wildman–Crippen MR) is 85.6 cm³/mol. The second-order valence-corrected chi connectivity index (χ2v) is 5.58. The predicted octanol–water partition coefficient (Wildman–Crippen LogP) is 3.80. The number of nitrogens with two attached hydrogens (primary N) is 1. The van der Waals surface area contributed by atoms with Crippen LogP contribution in [0, 0.1) is 0 Å². The lowest BCUT2D eigenvalue weighted by molar-refractivity contribution is 0.0742. The van der Waals surface area contributed by atoms with E-state index < -0.39 is 0 Å². The molecule has 0 bridgehead atoms. The minimum absolute atomic E-state index is 0.132. The molecule has 0 spiro atoms. The number of halogens is 2. The van der Waals surface area contributed by atoms with E-state index in [2.05, 4.69) is 4.98 Å². The zero-order valence-electron chi connectivity index (χ0n) is 11.7. The summed E-state index contributed by atoms with van der Waals surface area (Å²) in [4.78, 5) is 18.0. The molecule has 0 radical (unpaired) electrons.